The summed E-state index contributed by atoms with van der Waals surface area (Å²) in [5, 5.41) is 22.0. The van der Waals surface area contributed by atoms with Crippen LogP contribution in [0.5, 0.6) is 11.5 Å². The van der Waals surface area contributed by atoms with E-state index in [2.05, 4.69) is 5.32 Å². The smallest absolute Gasteiger partial charge is 0.155 e. The van der Waals surface area contributed by atoms with Crippen molar-refractivity contribution in [1.82, 2.24) is 0 Å². The third-order valence-electron chi connectivity index (χ3n) is 2.55. The first-order valence-electron chi connectivity index (χ1n) is 5.45. The number of anilines is 2. The van der Waals surface area contributed by atoms with Gasteiger partial charge in [0.15, 0.2) is 6.29 Å². The summed E-state index contributed by atoms with van der Waals surface area (Å²) >= 11 is 0. The molecule has 0 amide bonds. The zero-order valence-corrected chi connectivity index (χ0v) is 9.84. The van der Waals surface area contributed by atoms with Gasteiger partial charge in [0.25, 0.3) is 0 Å². The van der Waals surface area contributed by atoms with Gasteiger partial charge in [0.2, 0.25) is 0 Å². The molecule has 0 aromatic heterocycles. The molecule has 0 heterocycles. The molecule has 18 heavy (non-hydrogen) atoms. The summed E-state index contributed by atoms with van der Waals surface area (Å²) in [4.78, 5) is 11.0. The lowest BCUT2D eigenvalue weighted by molar-refractivity contribution is 0.112. The molecule has 0 bridgehead atoms. The Morgan fingerprint density at radius 2 is 1.94 bits per heavy atom. The normalized spacial score (nSPS) is 10.1. The molecule has 92 valence electrons. The molecule has 4 heteroatoms. The summed E-state index contributed by atoms with van der Waals surface area (Å²) in [6, 6.07) is 9.82. The zero-order valence-electron chi connectivity index (χ0n) is 9.84. The van der Waals surface area contributed by atoms with E-state index in [1.165, 1.54) is 12.1 Å². The second-order valence-electron chi connectivity index (χ2n) is 4.04. The lowest BCUT2D eigenvalue weighted by Gasteiger charge is -2.11. The van der Waals surface area contributed by atoms with Gasteiger partial charge in [-0.3, -0.25) is 4.79 Å². The summed E-state index contributed by atoms with van der Waals surface area (Å²) in [6.07, 6.45) is 0.597. The second-order valence-corrected chi connectivity index (χ2v) is 4.04. The minimum atomic E-state index is -0.0624. The van der Waals surface area contributed by atoms with Crippen LogP contribution in [-0.4, -0.2) is 16.5 Å². The summed E-state index contributed by atoms with van der Waals surface area (Å²) in [7, 11) is 0. The van der Waals surface area contributed by atoms with Gasteiger partial charge in [0.05, 0.1) is 11.3 Å². The van der Waals surface area contributed by atoms with E-state index in [-0.39, 0.29) is 17.1 Å². The van der Waals surface area contributed by atoms with Crippen molar-refractivity contribution < 1.29 is 15.0 Å². The van der Waals surface area contributed by atoms with Crippen LogP contribution >= 0.6 is 0 Å². The van der Waals surface area contributed by atoms with Crippen LogP contribution in [0.4, 0.5) is 11.4 Å². The van der Waals surface area contributed by atoms with Crippen LogP contribution in [0.3, 0.4) is 0 Å². The van der Waals surface area contributed by atoms with Crippen LogP contribution in [0.25, 0.3) is 0 Å². The fourth-order valence-corrected chi connectivity index (χ4v) is 1.74. The second kappa shape index (κ2) is 4.79. The maximum Gasteiger partial charge on any atom is 0.155 e. The summed E-state index contributed by atoms with van der Waals surface area (Å²) in [5.74, 6) is 0.0668. The van der Waals surface area contributed by atoms with Crippen molar-refractivity contribution in [3.8, 4) is 11.5 Å². The van der Waals surface area contributed by atoms with Gasteiger partial charge in [-0.15, -0.1) is 0 Å². The van der Waals surface area contributed by atoms with Crippen LogP contribution < -0.4 is 5.32 Å². The molecule has 3 N–H and O–H groups in total. The number of aromatic hydroxyl groups is 2. The Morgan fingerprint density at radius 1 is 1.17 bits per heavy atom. The molecular formula is C14H13NO3. The predicted molar refractivity (Wildman–Crippen MR) is 69.6 cm³/mol. The average molecular weight is 243 g/mol. The fraction of sp³-hybridized carbons (Fsp3) is 0.0714. The zero-order chi connectivity index (χ0) is 13.1. The highest BCUT2D eigenvalue weighted by Gasteiger charge is 2.08. The lowest BCUT2D eigenvalue weighted by Crippen LogP contribution is -1.96. The third-order valence-corrected chi connectivity index (χ3v) is 2.55. The van der Waals surface area contributed by atoms with E-state index in [9.17, 15) is 15.0 Å². The molecule has 2 rings (SSSR count). The van der Waals surface area contributed by atoms with Crippen molar-refractivity contribution in [2.45, 2.75) is 6.92 Å². The summed E-state index contributed by atoms with van der Waals surface area (Å²) < 4.78 is 0. The third kappa shape index (κ3) is 2.43. The average Bonchev–Trinajstić information content (AvgIpc) is 2.28. The number of hydrogen-bond donors (Lipinski definition) is 3. The van der Waals surface area contributed by atoms with Gasteiger partial charge in [-0.25, -0.2) is 0 Å². The number of aldehydes is 1. The molecule has 0 aliphatic rings. The number of carbonyl (C=O) groups excluding carboxylic acids is 1. The minimum Gasteiger partial charge on any atom is -0.508 e. The fourth-order valence-electron chi connectivity index (χ4n) is 1.74. The molecule has 0 saturated heterocycles. The maximum atomic E-state index is 11.0. The van der Waals surface area contributed by atoms with E-state index in [1.54, 1.807) is 24.3 Å². The molecule has 0 unspecified atom stereocenters. The number of benzene rings is 2. The van der Waals surface area contributed by atoms with E-state index >= 15 is 0 Å². The summed E-state index contributed by atoms with van der Waals surface area (Å²) in [6.45, 7) is 1.82. The molecule has 0 radical (unpaired) electrons. The number of nitrogens with one attached hydrogen (secondary N) is 1. The Hall–Kier alpha value is -2.49. The highest BCUT2D eigenvalue weighted by molar-refractivity contribution is 5.90. The highest BCUT2D eigenvalue weighted by atomic mass is 16.3. The molecule has 4 nitrogen and oxygen atoms in total. The van der Waals surface area contributed by atoms with Gasteiger partial charge >= 0.3 is 0 Å². The molecule has 0 aliphatic carbocycles. The Bertz CT molecular complexity index is 594. The lowest BCUT2D eigenvalue weighted by atomic mass is 10.1. The molecule has 0 fully saturated rings. The standard InChI is InChI=1S/C14H13NO3/c1-9-5-13(12(8-16)14(18)6-9)15-10-3-2-4-11(17)7-10/h2-8,15,17-18H,1H3. The van der Waals surface area contributed by atoms with E-state index < -0.39 is 0 Å². The topological polar surface area (TPSA) is 69.6 Å². The van der Waals surface area contributed by atoms with Gasteiger partial charge in [0, 0.05) is 11.8 Å². The van der Waals surface area contributed by atoms with E-state index in [4.69, 9.17) is 0 Å². The molecule has 0 spiro atoms. The van der Waals surface area contributed by atoms with Gasteiger partial charge < -0.3 is 15.5 Å². The first-order chi connectivity index (χ1) is 8.60. The Kier molecular flexibility index (Phi) is 3.19. The largest absolute Gasteiger partial charge is 0.508 e. The van der Waals surface area contributed by atoms with Crippen LogP contribution in [-0.2, 0) is 0 Å². The van der Waals surface area contributed by atoms with Crippen molar-refractivity contribution in [3.05, 3.63) is 47.5 Å². The van der Waals surface area contributed by atoms with Crippen LogP contribution in [0, 0.1) is 6.92 Å². The molecule has 0 saturated carbocycles. The Labute approximate surface area is 105 Å². The van der Waals surface area contributed by atoms with Crippen molar-refractivity contribution in [3.63, 3.8) is 0 Å². The van der Waals surface area contributed by atoms with E-state index in [0.717, 1.165) is 5.56 Å². The van der Waals surface area contributed by atoms with Crippen molar-refractivity contribution in [1.29, 1.82) is 0 Å². The highest BCUT2D eigenvalue weighted by Crippen LogP contribution is 2.29. The first kappa shape index (κ1) is 12.0. The van der Waals surface area contributed by atoms with Gasteiger partial charge in [-0.1, -0.05) is 6.07 Å². The van der Waals surface area contributed by atoms with Crippen molar-refractivity contribution in [2.24, 2.45) is 0 Å². The van der Waals surface area contributed by atoms with Gasteiger partial charge in [-0.2, -0.15) is 0 Å². The SMILES string of the molecule is Cc1cc(O)c(C=O)c(Nc2cccc(O)c2)c1. The van der Waals surface area contributed by atoms with Crippen molar-refractivity contribution in [2.75, 3.05) is 5.32 Å². The maximum absolute atomic E-state index is 11.0. The Morgan fingerprint density at radius 3 is 2.61 bits per heavy atom. The van der Waals surface area contributed by atoms with E-state index in [0.29, 0.717) is 17.7 Å². The number of rotatable bonds is 3. The minimum absolute atomic E-state index is 0.0624. The summed E-state index contributed by atoms with van der Waals surface area (Å²) in [5.41, 5.74) is 2.18. The monoisotopic (exact) mass is 243 g/mol. The molecule has 0 atom stereocenters. The van der Waals surface area contributed by atoms with Crippen LogP contribution in [0.1, 0.15) is 15.9 Å². The number of phenols is 2. The van der Waals surface area contributed by atoms with Gasteiger partial charge in [0.1, 0.15) is 11.5 Å². The van der Waals surface area contributed by atoms with Gasteiger partial charge in [-0.05, 0) is 36.8 Å². The molecule has 2 aromatic rings. The predicted octanol–water partition coefficient (Wildman–Crippen LogP) is 2.96. The Balaban J connectivity index is 2.42. The molecular weight excluding hydrogens is 230 g/mol. The number of phenolic OH excluding ortho intramolecular Hbond substituents is 2. The van der Waals surface area contributed by atoms with Crippen LogP contribution in [0.2, 0.25) is 0 Å². The number of hydrogen-bond acceptors (Lipinski definition) is 4. The molecule has 0 aliphatic heterocycles. The van der Waals surface area contributed by atoms with E-state index in [1.807, 2.05) is 6.92 Å². The van der Waals surface area contributed by atoms with Crippen LogP contribution in [0.15, 0.2) is 36.4 Å². The quantitative estimate of drug-likeness (QED) is 0.725. The number of carbonyl (C=O) groups is 1. The molecule has 2 aromatic carbocycles. The van der Waals surface area contributed by atoms with Crippen molar-refractivity contribution >= 4 is 17.7 Å². The first-order valence-corrected chi connectivity index (χ1v) is 5.45. The number of aryl methyl sites for hydroxylation is 1.